The maximum atomic E-state index is 11.7. The summed E-state index contributed by atoms with van der Waals surface area (Å²) in [6, 6.07) is 10.4. The Morgan fingerprint density at radius 3 is 2.71 bits per heavy atom. The van der Waals surface area contributed by atoms with Crippen molar-refractivity contribution in [1.29, 1.82) is 0 Å². The second-order valence-electron chi connectivity index (χ2n) is 4.29. The maximum absolute atomic E-state index is 11.7. The van der Waals surface area contributed by atoms with Gasteiger partial charge in [-0.25, -0.2) is 0 Å². The van der Waals surface area contributed by atoms with Crippen molar-refractivity contribution in [1.82, 2.24) is 5.32 Å². The quantitative estimate of drug-likeness (QED) is 0.769. The zero-order valence-electron chi connectivity index (χ0n) is 10.3. The second-order valence-corrected chi connectivity index (χ2v) is 5.08. The van der Waals surface area contributed by atoms with Gasteiger partial charge < -0.3 is 5.32 Å². The third kappa shape index (κ3) is 6.47. The molecule has 0 fully saturated rings. The maximum Gasteiger partial charge on any atom is 0.220 e. The van der Waals surface area contributed by atoms with Gasteiger partial charge in [0.2, 0.25) is 5.91 Å². The van der Waals surface area contributed by atoms with Crippen LogP contribution >= 0.6 is 15.9 Å². The van der Waals surface area contributed by atoms with Crippen molar-refractivity contribution in [2.75, 3.05) is 5.33 Å². The van der Waals surface area contributed by atoms with Crippen LogP contribution in [0.15, 0.2) is 30.3 Å². The highest BCUT2D eigenvalue weighted by molar-refractivity contribution is 9.09. The van der Waals surface area contributed by atoms with E-state index in [1.54, 1.807) is 0 Å². The van der Waals surface area contributed by atoms with Gasteiger partial charge in [-0.05, 0) is 31.7 Å². The van der Waals surface area contributed by atoms with Crippen molar-refractivity contribution < 1.29 is 4.79 Å². The topological polar surface area (TPSA) is 29.1 Å². The molecule has 3 heteroatoms. The van der Waals surface area contributed by atoms with Crippen molar-refractivity contribution in [2.24, 2.45) is 0 Å². The van der Waals surface area contributed by atoms with Crippen LogP contribution < -0.4 is 5.32 Å². The molecular formula is C14H20BrNO. The Morgan fingerprint density at radius 2 is 2.06 bits per heavy atom. The summed E-state index contributed by atoms with van der Waals surface area (Å²) >= 11 is 3.39. The molecular weight excluding hydrogens is 278 g/mol. The summed E-state index contributed by atoms with van der Waals surface area (Å²) in [6.07, 6.45) is 3.52. The van der Waals surface area contributed by atoms with Gasteiger partial charge in [-0.1, -0.05) is 46.3 Å². The summed E-state index contributed by atoms with van der Waals surface area (Å²) in [5.41, 5.74) is 1.22. The lowest BCUT2D eigenvalue weighted by Crippen LogP contribution is -2.32. The summed E-state index contributed by atoms with van der Waals surface area (Å²) in [4.78, 5) is 11.7. The zero-order chi connectivity index (χ0) is 12.5. The summed E-state index contributed by atoms with van der Waals surface area (Å²) in [5, 5.41) is 4.02. The van der Waals surface area contributed by atoms with Crippen LogP contribution in [0.3, 0.4) is 0 Å². The highest BCUT2D eigenvalue weighted by atomic mass is 79.9. The van der Waals surface area contributed by atoms with E-state index in [0.717, 1.165) is 24.6 Å². The minimum atomic E-state index is 0.149. The van der Waals surface area contributed by atoms with E-state index in [4.69, 9.17) is 0 Å². The lowest BCUT2D eigenvalue weighted by molar-refractivity contribution is -0.121. The Hall–Kier alpha value is -0.830. The van der Waals surface area contributed by atoms with Gasteiger partial charge in [-0.15, -0.1) is 0 Å². The minimum Gasteiger partial charge on any atom is -0.354 e. The summed E-state index contributed by atoms with van der Waals surface area (Å²) < 4.78 is 0. The molecule has 1 aromatic carbocycles. The highest BCUT2D eigenvalue weighted by Crippen LogP contribution is 2.03. The third-order valence-electron chi connectivity index (χ3n) is 2.66. The van der Waals surface area contributed by atoms with Crippen molar-refractivity contribution in [2.45, 2.75) is 38.6 Å². The number of carbonyl (C=O) groups excluding carboxylic acids is 1. The molecule has 17 heavy (non-hydrogen) atoms. The van der Waals surface area contributed by atoms with Crippen LogP contribution in [0.1, 0.15) is 31.7 Å². The van der Waals surface area contributed by atoms with Gasteiger partial charge in [-0.3, -0.25) is 4.79 Å². The first kappa shape index (κ1) is 14.2. The summed E-state index contributed by atoms with van der Waals surface area (Å²) in [6.45, 7) is 2.06. The Morgan fingerprint density at radius 1 is 1.35 bits per heavy atom. The number of benzene rings is 1. The molecule has 1 rings (SSSR count). The standard InChI is InChI=1S/C14H20BrNO/c1-12(6-5-11-15)16-14(17)10-9-13-7-3-2-4-8-13/h2-4,7-8,12H,5-6,9-11H2,1H3,(H,16,17). The van der Waals surface area contributed by atoms with E-state index in [9.17, 15) is 4.79 Å². The van der Waals surface area contributed by atoms with E-state index >= 15 is 0 Å². The lowest BCUT2D eigenvalue weighted by atomic mass is 10.1. The molecule has 0 aliphatic heterocycles. The smallest absolute Gasteiger partial charge is 0.220 e. The van der Waals surface area contributed by atoms with Gasteiger partial charge in [-0.2, -0.15) is 0 Å². The number of hydrogen-bond acceptors (Lipinski definition) is 1. The van der Waals surface area contributed by atoms with E-state index in [-0.39, 0.29) is 11.9 Å². The molecule has 0 saturated heterocycles. The lowest BCUT2D eigenvalue weighted by Gasteiger charge is -2.13. The number of carbonyl (C=O) groups is 1. The average Bonchev–Trinajstić information content (AvgIpc) is 2.35. The molecule has 0 aliphatic carbocycles. The van der Waals surface area contributed by atoms with Crippen molar-refractivity contribution >= 4 is 21.8 Å². The van der Waals surface area contributed by atoms with Crippen LogP contribution in [0.2, 0.25) is 0 Å². The molecule has 1 atom stereocenters. The Kier molecular flexibility index (Phi) is 6.94. The fourth-order valence-electron chi connectivity index (χ4n) is 1.71. The normalized spacial score (nSPS) is 12.1. The van der Waals surface area contributed by atoms with Crippen LogP contribution in [0.5, 0.6) is 0 Å². The van der Waals surface area contributed by atoms with Crippen molar-refractivity contribution in [3.63, 3.8) is 0 Å². The Bertz CT molecular complexity index is 326. The third-order valence-corrected chi connectivity index (χ3v) is 3.22. The molecule has 0 heterocycles. The van der Waals surface area contributed by atoms with Gasteiger partial charge in [0.25, 0.3) is 0 Å². The van der Waals surface area contributed by atoms with E-state index in [2.05, 4.69) is 40.3 Å². The predicted octanol–water partition coefficient (Wildman–Crippen LogP) is 3.30. The van der Waals surface area contributed by atoms with Gasteiger partial charge in [0.1, 0.15) is 0 Å². The zero-order valence-corrected chi connectivity index (χ0v) is 11.9. The Balaban J connectivity index is 2.21. The van der Waals surface area contributed by atoms with Gasteiger partial charge in [0.15, 0.2) is 0 Å². The first-order chi connectivity index (χ1) is 8.22. The van der Waals surface area contributed by atoms with E-state index in [0.29, 0.717) is 6.42 Å². The molecule has 0 aliphatic rings. The summed E-state index contributed by atoms with van der Waals surface area (Å²) in [5.74, 6) is 0.149. The molecule has 0 radical (unpaired) electrons. The fourth-order valence-corrected chi connectivity index (χ4v) is 2.03. The van der Waals surface area contributed by atoms with Gasteiger partial charge >= 0.3 is 0 Å². The number of alkyl halides is 1. The molecule has 1 N–H and O–H groups in total. The number of hydrogen-bond donors (Lipinski definition) is 1. The van der Waals surface area contributed by atoms with Crippen molar-refractivity contribution in [3.8, 4) is 0 Å². The molecule has 94 valence electrons. The minimum absolute atomic E-state index is 0.149. The first-order valence-corrected chi connectivity index (χ1v) is 7.23. The monoisotopic (exact) mass is 297 g/mol. The van der Waals surface area contributed by atoms with Crippen LogP contribution in [0.25, 0.3) is 0 Å². The van der Waals surface area contributed by atoms with Crippen molar-refractivity contribution in [3.05, 3.63) is 35.9 Å². The molecule has 1 aromatic rings. The van der Waals surface area contributed by atoms with Crippen LogP contribution in [0, 0.1) is 0 Å². The van der Waals surface area contributed by atoms with Gasteiger partial charge in [0.05, 0.1) is 0 Å². The number of aryl methyl sites for hydroxylation is 1. The SMILES string of the molecule is CC(CCCBr)NC(=O)CCc1ccccc1. The molecule has 0 spiro atoms. The van der Waals surface area contributed by atoms with E-state index in [1.165, 1.54) is 5.56 Å². The summed E-state index contributed by atoms with van der Waals surface area (Å²) in [7, 11) is 0. The number of nitrogens with one attached hydrogen (secondary N) is 1. The average molecular weight is 298 g/mol. The van der Waals surface area contributed by atoms with Crippen LogP contribution in [-0.4, -0.2) is 17.3 Å². The van der Waals surface area contributed by atoms with E-state index < -0.39 is 0 Å². The second kappa shape index (κ2) is 8.29. The van der Waals surface area contributed by atoms with Crippen LogP contribution in [-0.2, 0) is 11.2 Å². The first-order valence-electron chi connectivity index (χ1n) is 6.11. The number of halogens is 1. The molecule has 2 nitrogen and oxygen atoms in total. The highest BCUT2D eigenvalue weighted by Gasteiger charge is 2.06. The van der Waals surface area contributed by atoms with Crippen LogP contribution in [0.4, 0.5) is 0 Å². The van der Waals surface area contributed by atoms with E-state index in [1.807, 2.05) is 18.2 Å². The fraction of sp³-hybridized carbons (Fsp3) is 0.500. The number of rotatable bonds is 7. The molecule has 0 bridgehead atoms. The molecule has 1 amide bonds. The van der Waals surface area contributed by atoms with Gasteiger partial charge in [0, 0.05) is 17.8 Å². The predicted molar refractivity (Wildman–Crippen MR) is 75.4 cm³/mol. The Labute approximate surface area is 112 Å². The number of amides is 1. The molecule has 0 saturated carbocycles. The largest absolute Gasteiger partial charge is 0.354 e. The molecule has 0 aromatic heterocycles. The molecule has 1 unspecified atom stereocenters.